The van der Waals surface area contributed by atoms with Gasteiger partial charge in [0.05, 0.1) is 6.10 Å². The van der Waals surface area contributed by atoms with E-state index in [-0.39, 0.29) is 12.0 Å². The molecule has 1 aliphatic rings. The highest BCUT2D eigenvalue weighted by Crippen LogP contribution is 2.15. The van der Waals surface area contributed by atoms with E-state index >= 15 is 0 Å². The van der Waals surface area contributed by atoms with Crippen molar-refractivity contribution >= 4 is 11.9 Å². The molecule has 0 saturated carbocycles. The van der Waals surface area contributed by atoms with Crippen LogP contribution in [0.25, 0.3) is 0 Å². The third-order valence-electron chi connectivity index (χ3n) is 4.48. The zero-order valence-electron chi connectivity index (χ0n) is 15.6. The Balaban J connectivity index is 1.64. The van der Waals surface area contributed by atoms with Crippen LogP contribution in [0.1, 0.15) is 31.9 Å². The maximum Gasteiger partial charge on any atom is 0.219 e. The molecule has 25 heavy (non-hydrogen) atoms. The molecule has 0 aromatic heterocycles. The van der Waals surface area contributed by atoms with E-state index in [2.05, 4.69) is 34.3 Å². The molecule has 6 nitrogen and oxygen atoms in total. The first-order valence-corrected chi connectivity index (χ1v) is 8.99. The van der Waals surface area contributed by atoms with Crippen LogP contribution >= 0.6 is 0 Å². The number of ether oxygens (including phenoxy) is 1. The maximum atomic E-state index is 11.4. The van der Waals surface area contributed by atoms with Gasteiger partial charge in [0.1, 0.15) is 0 Å². The number of guanidine groups is 1. The van der Waals surface area contributed by atoms with Gasteiger partial charge in [0, 0.05) is 53.3 Å². The Kier molecular flexibility index (Phi) is 7.73. The van der Waals surface area contributed by atoms with E-state index in [0.29, 0.717) is 6.61 Å². The second kappa shape index (κ2) is 10.0. The van der Waals surface area contributed by atoms with E-state index in [1.54, 1.807) is 14.0 Å². The highest BCUT2D eigenvalue weighted by molar-refractivity contribution is 5.80. The minimum Gasteiger partial charge on any atom is -0.374 e. The number of hydrogen-bond donors (Lipinski definition) is 1. The fraction of sp³-hybridized carbons (Fsp3) is 0.579. The highest BCUT2D eigenvalue weighted by atomic mass is 16.5. The average molecular weight is 346 g/mol. The third kappa shape index (κ3) is 6.05. The third-order valence-corrected chi connectivity index (χ3v) is 4.48. The van der Waals surface area contributed by atoms with Gasteiger partial charge in [-0.25, -0.2) is 0 Å². The largest absolute Gasteiger partial charge is 0.374 e. The van der Waals surface area contributed by atoms with Gasteiger partial charge in [0.2, 0.25) is 5.91 Å². The van der Waals surface area contributed by atoms with Gasteiger partial charge in [-0.3, -0.25) is 9.79 Å². The Morgan fingerprint density at radius 1 is 1.20 bits per heavy atom. The molecule has 1 saturated heterocycles. The summed E-state index contributed by atoms with van der Waals surface area (Å²) >= 11 is 0. The van der Waals surface area contributed by atoms with Crippen molar-refractivity contribution in [2.24, 2.45) is 4.99 Å². The summed E-state index contributed by atoms with van der Waals surface area (Å²) in [4.78, 5) is 19.8. The van der Waals surface area contributed by atoms with Gasteiger partial charge in [-0.15, -0.1) is 0 Å². The summed E-state index contributed by atoms with van der Waals surface area (Å²) in [6.07, 6.45) is 1.03. The van der Waals surface area contributed by atoms with Crippen LogP contribution in [0.4, 0.5) is 0 Å². The molecular weight excluding hydrogens is 316 g/mol. The monoisotopic (exact) mass is 346 g/mol. The lowest BCUT2D eigenvalue weighted by atomic mass is 10.1. The first kappa shape index (κ1) is 19.2. The van der Waals surface area contributed by atoms with Crippen molar-refractivity contribution in [1.82, 2.24) is 15.1 Å². The number of carbonyl (C=O) groups is 1. The molecule has 0 bridgehead atoms. The van der Waals surface area contributed by atoms with E-state index in [9.17, 15) is 4.79 Å². The molecule has 1 heterocycles. The molecule has 1 atom stereocenters. The number of hydrogen-bond acceptors (Lipinski definition) is 3. The number of benzene rings is 1. The van der Waals surface area contributed by atoms with Gasteiger partial charge in [-0.1, -0.05) is 30.3 Å². The SMILES string of the molecule is CN=C(NCCCOC(C)c1ccccc1)N1CCN(C(C)=O)CC1. The van der Waals surface area contributed by atoms with E-state index in [1.807, 2.05) is 23.1 Å². The minimum atomic E-state index is 0.111. The maximum absolute atomic E-state index is 11.4. The summed E-state index contributed by atoms with van der Waals surface area (Å²) < 4.78 is 5.89. The Morgan fingerprint density at radius 2 is 1.84 bits per heavy atom. The summed E-state index contributed by atoms with van der Waals surface area (Å²) in [6, 6.07) is 10.3. The Labute approximate surface area is 150 Å². The molecule has 0 aliphatic carbocycles. The Bertz CT molecular complexity index is 554. The standard InChI is InChI=1S/C19H30N4O2/c1-16(18-8-5-4-6-9-18)25-15-7-10-21-19(20-3)23-13-11-22(12-14-23)17(2)24/h4-6,8-9,16H,7,10-15H2,1-3H3,(H,20,21). The lowest BCUT2D eigenvalue weighted by molar-refractivity contribution is -0.130. The molecule has 138 valence electrons. The number of rotatable bonds is 6. The van der Waals surface area contributed by atoms with Gasteiger partial charge in [0.15, 0.2) is 5.96 Å². The van der Waals surface area contributed by atoms with Crippen molar-refractivity contribution in [3.8, 4) is 0 Å². The van der Waals surface area contributed by atoms with Crippen molar-refractivity contribution < 1.29 is 9.53 Å². The fourth-order valence-electron chi connectivity index (χ4n) is 2.92. The number of amides is 1. The lowest BCUT2D eigenvalue weighted by Gasteiger charge is -2.36. The number of carbonyl (C=O) groups excluding carboxylic acids is 1. The molecule has 1 aliphatic heterocycles. The van der Waals surface area contributed by atoms with Crippen LogP contribution in [-0.2, 0) is 9.53 Å². The van der Waals surface area contributed by atoms with Gasteiger partial charge < -0.3 is 19.9 Å². The van der Waals surface area contributed by atoms with Gasteiger partial charge >= 0.3 is 0 Å². The molecule has 0 radical (unpaired) electrons. The first-order valence-electron chi connectivity index (χ1n) is 8.99. The molecule has 1 N–H and O–H groups in total. The van der Waals surface area contributed by atoms with E-state index < -0.39 is 0 Å². The zero-order chi connectivity index (χ0) is 18.1. The van der Waals surface area contributed by atoms with Crippen LogP contribution in [0.2, 0.25) is 0 Å². The smallest absolute Gasteiger partial charge is 0.219 e. The molecule has 1 unspecified atom stereocenters. The van der Waals surface area contributed by atoms with Gasteiger partial charge in [-0.2, -0.15) is 0 Å². The molecule has 1 aromatic carbocycles. The molecule has 2 rings (SSSR count). The van der Waals surface area contributed by atoms with E-state index in [1.165, 1.54) is 5.56 Å². The zero-order valence-corrected chi connectivity index (χ0v) is 15.6. The Hall–Kier alpha value is -2.08. The number of aliphatic imine (C=N–C) groups is 1. The molecule has 6 heteroatoms. The summed E-state index contributed by atoms with van der Waals surface area (Å²) in [5, 5.41) is 3.39. The van der Waals surface area contributed by atoms with Crippen molar-refractivity contribution in [2.45, 2.75) is 26.4 Å². The summed E-state index contributed by atoms with van der Waals surface area (Å²) in [5.41, 5.74) is 1.20. The van der Waals surface area contributed by atoms with Crippen LogP contribution < -0.4 is 5.32 Å². The Morgan fingerprint density at radius 3 is 2.44 bits per heavy atom. The highest BCUT2D eigenvalue weighted by Gasteiger charge is 2.20. The van der Waals surface area contributed by atoms with E-state index in [4.69, 9.17) is 4.74 Å². The molecule has 0 spiro atoms. The predicted octanol–water partition coefficient (Wildman–Crippen LogP) is 1.89. The van der Waals surface area contributed by atoms with Crippen molar-refractivity contribution in [2.75, 3.05) is 46.4 Å². The van der Waals surface area contributed by atoms with Crippen molar-refractivity contribution in [1.29, 1.82) is 0 Å². The summed E-state index contributed by atoms with van der Waals surface area (Å²) in [6.45, 7) is 8.39. The summed E-state index contributed by atoms with van der Waals surface area (Å²) in [5.74, 6) is 1.05. The van der Waals surface area contributed by atoms with Crippen LogP contribution in [0, 0.1) is 0 Å². The second-order valence-corrected chi connectivity index (χ2v) is 6.24. The normalized spacial score (nSPS) is 16.7. The number of nitrogens with zero attached hydrogens (tertiary/aromatic N) is 3. The molecule has 1 amide bonds. The van der Waals surface area contributed by atoms with Gasteiger partial charge in [0.25, 0.3) is 0 Å². The molecule has 1 aromatic rings. The van der Waals surface area contributed by atoms with Crippen molar-refractivity contribution in [3.63, 3.8) is 0 Å². The lowest BCUT2D eigenvalue weighted by Crippen LogP contribution is -2.53. The predicted molar refractivity (Wildman–Crippen MR) is 101 cm³/mol. The topological polar surface area (TPSA) is 57.2 Å². The second-order valence-electron chi connectivity index (χ2n) is 6.24. The average Bonchev–Trinajstić information content (AvgIpc) is 2.65. The van der Waals surface area contributed by atoms with E-state index in [0.717, 1.165) is 45.1 Å². The molecular formula is C19H30N4O2. The van der Waals surface area contributed by atoms with Crippen LogP contribution in [0.5, 0.6) is 0 Å². The van der Waals surface area contributed by atoms with Crippen LogP contribution in [0.3, 0.4) is 0 Å². The summed E-state index contributed by atoms with van der Waals surface area (Å²) in [7, 11) is 1.80. The van der Waals surface area contributed by atoms with Gasteiger partial charge in [-0.05, 0) is 18.9 Å². The first-order chi connectivity index (χ1) is 12.1. The number of piperazine rings is 1. The fourth-order valence-corrected chi connectivity index (χ4v) is 2.92. The quantitative estimate of drug-likeness (QED) is 0.486. The number of nitrogens with one attached hydrogen (secondary N) is 1. The van der Waals surface area contributed by atoms with Crippen molar-refractivity contribution in [3.05, 3.63) is 35.9 Å². The van der Waals surface area contributed by atoms with Crippen LogP contribution in [-0.4, -0.2) is 68.0 Å². The van der Waals surface area contributed by atoms with Crippen LogP contribution in [0.15, 0.2) is 35.3 Å². The minimum absolute atomic E-state index is 0.111. The molecule has 1 fully saturated rings.